The highest BCUT2D eigenvalue weighted by atomic mass is 19.1. The quantitative estimate of drug-likeness (QED) is 0.374. The van der Waals surface area contributed by atoms with Crippen LogP contribution in [0.5, 0.6) is 5.75 Å². The van der Waals surface area contributed by atoms with E-state index < -0.39 is 0 Å². The van der Waals surface area contributed by atoms with E-state index in [0.29, 0.717) is 13.1 Å². The van der Waals surface area contributed by atoms with Crippen LogP contribution in [0.1, 0.15) is 12.5 Å². The van der Waals surface area contributed by atoms with Crippen LogP contribution in [0.25, 0.3) is 0 Å². The highest BCUT2D eigenvalue weighted by molar-refractivity contribution is 5.80. The van der Waals surface area contributed by atoms with Crippen LogP contribution in [0.2, 0.25) is 0 Å². The summed E-state index contributed by atoms with van der Waals surface area (Å²) in [5.74, 6) is 1.34. The number of methoxy groups -OCH3 is 1. The molecule has 172 valence electrons. The van der Waals surface area contributed by atoms with Crippen molar-refractivity contribution in [2.45, 2.75) is 13.3 Å². The molecule has 1 saturated heterocycles. The van der Waals surface area contributed by atoms with E-state index in [2.05, 4.69) is 37.6 Å². The number of hydrogen-bond donors (Lipinski definition) is 2. The van der Waals surface area contributed by atoms with Gasteiger partial charge >= 0.3 is 0 Å². The first kappa shape index (κ1) is 23.4. The minimum atomic E-state index is -0.302. The molecular formula is C24H32FN5O2. The van der Waals surface area contributed by atoms with Gasteiger partial charge in [0.2, 0.25) is 5.91 Å². The number of rotatable bonds is 8. The average molecular weight is 442 g/mol. The van der Waals surface area contributed by atoms with Crippen molar-refractivity contribution in [1.29, 1.82) is 0 Å². The number of nitrogens with one attached hydrogen (secondary N) is 2. The predicted octanol–water partition coefficient (Wildman–Crippen LogP) is 2.28. The Morgan fingerprint density at radius 3 is 2.34 bits per heavy atom. The third-order valence-corrected chi connectivity index (χ3v) is 5.33. The molecule has 32 heavy (non-hydrogen) atoms. The zero-order chi connectivity index (χ0) is 22.8. The molecule has 1 aliphatic heterocycles. The van der Waals surface area contributed by atoms with E-state index in [4.69, 9.17) is 4.74 Å². The molecule has 0 bridgehead atoms. The van der Waals surface area contributed by atoms with Crippen molar-refractivity contribution in [3.05, 3.63) is 59.9 Å². The van der Waals surface area contributed by atoms with Gasteiger partial charge < -0.3 is 25.2 Å². The van der Waals surface area contributed by atoms with Gasteiger partial charge in [-0.25, -0.2) is 4.39 Å². The van der Waals surface area contributed by atoms with Crippen molar-refractivity contribution < 1.29 is 13.9 Å². The molecule has 0 spiro atoms. The second kappa shape index (κ2) is 11.9. The maximum Gasteiger partial charge on any atom is 0.224 e. The molecule has 1 fully saturated rings. The lowest BCUT2D eigenvalue weighted by molar-refractivity contribution is -0.120. The van der Waals surface area contributed by atoms with E-state index in [1.54, 1.807) is 19.2 Å². The van der Waals surface area contributed by atoms with E-state index in [9.17, 15) is 9.18 Å². The number of nitrogens with zero attached hydrogens (tertiary/aromatic N) is 3. The Hall–Kier alpha value is -3.29. The Morgan fingerprint density at radius 2 is 1.72 bits per heavy atom. The largest absolute Gasteiger partial charge is 0.497 e. The Labute approximate surface area is 189 Å². The zero-order valence-electron chi connectivity index (χ0n) is 18.8. The number of anilines is 1. The van der Waals surface area contributed by atoms with E-state index in [1.165, 1.54) is 17.8 Å². The Balaban J connectivity index is 1.45. The van der Waals surface area contributed by atoms with Gasteiger partial charge in [0.15, 0.2) is 5.96 Å². The van der Waals surface area contributed by atoms with Crippen LogP contribution in [0.3, 0.4) is 0 Å². The molecule has 0 saturated carbocycles. The van der Waals surface area contributed by atoms with Crippen molar-refractivity contribution >= 4 is 17.6 Å². The molecule has 1 aliphatic rings. The van der Waals surface area contributed by atoms with Gasteiger partial charge in [-0.15, -0.1) is 0 Å². The van der Waals surface area contributed by atoms with Gasteiger partial charge in [-0.05, 0) is 48.9 Å². The SMILES string of the molecule is CCNC(=NCCNC(=O)Cc1ccc(F)cc1)N1CCN(c2ccc(OC)cc2)CC1. The third kappa shape index (κ3) is 6.87. The number of ether oxygens (including phenoxy) is 1. The molecule has 0 atom stereocenters. The molecule has 0 radical (unpaired) electrons. The highest BCUT2D eigenvalue weighted by Gasteiger charge is 2.19. The molecule has 0 aromatic heterocycles. The number of aliphatic imine (C=N–C) groups is 1. The van der Waals surface area contributed by atoms with Gasteiger partial charge in [-0.3, -0.25) is 9.79 Å². The lowest BCUT2D eigenvalue weighted by Gasteiger charge is -2.37. The summed E-state index contributed by atoms with van der Waals surface area (Å²) in [5, 5.41) is 6.23. The van der Waals surface area contributed by atoms with Crippen molar-refractivity contribution in [2.75, 3.05) is 57.8 Å². The van der Waals surface area contributed by atoms with Crippen molar-refractivity contribution in [1.82, 2.24) is 15.5 Å². The average Bonchev–Trinajstić information content (AvgIpc) is 2.83. The molecule has 0 unspecified atom stereocenters. The number of carbonyl (C=O) groups excluding carboxylic acids is 1. The summed E-state index contributed by atoms with van der Waals surface area (Å²) in [6, 6.07) is 14.1. The number of carbonyl (C=O) groups is 1. The van der Waals surface area contributed by atoms with Crippen LogP contribution in [-0.2, 0) is 11.2 Å². The van der Waals surface area contributed by atoms with Gasteiger partial charge in [0, 0.05) is 45.0 Å². The second-order valence-corrected chi connectivity index (χ2v) is 7.56. The zero-order valence-corrected chi connectivity index (χ0v) is 18.8. The molecule has 2 N–H and O–H groups in total. The molecule has 7 nitrogen and oxygen atoms in total. The number of benzene rings is 2. The van der Waals surface area contributed by atoms with Gasteiger partial charge in [-0.1, -0.05) is 12.1 Å². The van der Waals surface area contributed by atoms with Crippen molar-refractivity contribution in [3.8, 4) is 5.75 Å². The lowest BCUT2D eigenvalue weighted by atomic mass is 10.1. The summed E-state index contributed by atoms with van der Waals surface area (Å²) in [6.07, 6.45) is 0.234. The van der Waals surface area contributed by atoms with Crippen molar-refractivity contribution in [2.24, 2.45) is 4.99 Å². The van der Waals surface area contributed by atoms with Crippen LogP contribution >= 0.6 is 0 Å². The highest BCUT2D eigenvalue weighted by Crippen LogP contribution is 2.20. The lowest BCUT2D eigenvalue weighted by Crippen LogP contribution is -2.52. The molecule has 1 amide bonds. The number of halogens is 1. The predicted molar refractivity (Wildman–Crippen MR) is 126 cm³/mol. The Morgan fingerprint density at radius 1 is 1.03 bits per heavy atom. The first-order valence-corrected chi connectivity index (χ1v) is 11.0. The fourth-order valence-electron chi connectivity index (χ4n) is 3.60. The number of amides is 1. The Bertz CT molecular complexity index is 878. The van der Waals surface area contributed by atoms with E-state index in [-0.39, 0.29) is 18.1 Å². The van der Waals surface area contributed by atoms with Crippen LogP contribution in [0.15, 0.2) is 53.5 Å². The maximum absolute atomic E-state index is 13.0. The fourth-order valence-corrected chi connectivity index (χ4v) is 3.60. The van der Waals surface area contributed by atoms with E-state index in [0.717, 1.165) is 50.0 Å². The molecule has 2 aromatic rings. The minimum absolute atomic E-state index is 0.0927. The van der Waals surface area contributed by atoms with Gasteiger partial charge in [0.25, 0.3) is 0 Å². The summed E-state index contributed by atoms with van der Waals surface area (Å²) < 4.78 is 18.2. The summed E-state index contributed by atoms with van der Waals surface area (Å²) >= 11 is 0. The minimum Gasteiger partial charge on any atom is -0.497 e. The fraction of sp³-hybridized carbons (Fsp3) is 0.417. The summed E-state index contributed by atoms with van der Waals surface area (Å²) in [6.45, 7) is 7.35. The second-order valence-electron chi connectivity index (χ2n) is 7.56. The maximum atomic E-state index is 13.0. The molecule has 8 heteroatoms. The normalized spacial score (nSPS) is 14.3. The van der Waals surface area contributed by atoms with Gasteiger partial charge in [-0.2, -0.15) is 0 Å². The van der Waals surface area contributed by atoms with Gasteiger partial charge in [0.1, 0.15) is 11.6 Å². The Kier molecular flexibility index (Phi) is 8.71. The van der Waals surface area contributed by atoms with Gasteiger partial charge in [0.05, 0.1) is 20.1 Å². The van der Waals surface area contributed by atoms with E-state index >= 15 is 0 Å². The molecular weight excluding hydrogens is 409 g/mol. The van der Waals surface area contributed by atoms with Crippen LogP contribution in [-0.4, -0.2) is 69.7 Å². The molecule has 1 heterocycles. The molecule has 0 aliphatic carbocycles. The first-order chi connectivity index (χ1) is 15.6. The summed E-state index contributed by atoms with van der Waals surface area (Å²) in [4.78, 5) is 21.4. The first-order valence-electron chi connectivity index (χ1n) is 11.0. The summed E-state index contributed by atoms with van der Waals surface area (Å²) in [5.41, 5.74) is 1.98. The summed E-state index contributed by atoms with van der Waals surface area (Å²) in [7, 11) is 1.67. The smallest absolute Gasteiger partial charge is 0.224 e. The topological polar surface area (TPSA) is 69.2 Å². The monoisotopic (exact) mass is 441 g/mol. The molecule has 3 rings (SSSR count). The third-order valence-electron chi connectivity index (χ3n) is 5.33. The number of hydrogen-bond acceptors (Lipinski definition) is 4. The van der Waals surface area contributed by atoms with Crippen LogP contribution in [0, 0.1) is 5.82 Å². The van der Waals surface area contributed by atoms with Crippen LogP contribution in [0.4, 0.5) is 10.1 Å². The van der Waals surface area contributed by atoms with Crippen molar-refractivity contribution in [3.63, 3.8) is 0 Å². The standard InChI is InChI=1S/C24H32FN5O2/c1-3-26-24(28-13-12-27-23(31)18-19-4-6-20(25)7-5-19)30-16-14-29(15-17-30)21-8-10-22(32-2)11-9-21/h4-11H,3,12-18H2,1-2H3,(H,26,28)(H,27,31). The molecule has 2 aromatic carbocycles. The van der Waals surface area contributed by atoms with E-state index in [1.807, 2.05) is 19.1 Å². The number of piperazine rings is 1. The van der Waals surface area contributed by atoms with Crippen LogP contribution < -0.4 is 20.3 Å². The number of guanidine groups is 1.